The molecule has 0 saturated carbocycles. The summed E-state index contributed by atoms with van der Waals surface area (Å²) in [7, 11) is -0.387. The SMILES string of the molecule is COc1ccc(S(=O)(=O)N2CCC(C(=O)N(C)Cc3nc(-c4cccc(C)c4)no3)CC2)cc1. The van der Waals surface area contributed by atoms with Gasteiger partial charge in [0.05, 0.1) is 18.6 Å². The number of rotatable bonds is 7. The predicted molar refractivity (Wildman–Crippen MR) is 125 cm³/mol. The molecule has 0 unspecified atom stereocenters. The quantitative estimate of drug-likeness (QED) is 0.507. The molecule has 9 nitrogen and oxygen atoms in total. The standard InChI is InChI=1S/C24H28N4O5S/c1-17-5-4-6-19(15-17)23-25-22(33-26-23)16-27(2)24(29)18-11-13-28(14-12-18)34(30,31)21-9-7-20(32-3)8-10-21/h4-10,15,18H,11-14,16H2,1-3H3. The van der Waals surface area contributed by atoms with Crippen molar-refractivity contribution in [1.82, 2.24) is 19.3 Å². The number of aromatic nitrogens is 2. The smallest absolute Gasteiger partial charge is 0.246 e. The Bertz CT molecular complexity index is 1250. The van der Waals surface area contributed by atoms with Crippen LogP contribution in [0.1, 0.15) is 24.3 Å². The van der Waals surface area contributed by atoms with Crippen LogP contribution in [0, 0.1) is 12.8 Å². The molecule has 0 N–H and O–H groups in total. The molecular weight excluding hydrogens is 456 g/mol. The maximum Gasteiger partial charge on any atom is 0.246 e. The topological polar surface area (TPSA) is 106 Å². The van der Waals surface area contributed by atoms with E-state index in [1.165, 1.54) is 23.5 Å². The van der Waals surface area contributed by atoms with Gasteiger partial charge in [0.15, 0.2) is 0 Å². The summed E-state index contributed by atoms with van der Waals surface area (Å²) >= 11 is 0. The Balaban J connectivity index is 1.34. The molecule has 180 valence electrons. The molecule has 0 aliphatic carbocycles. The van der Waals surface area contributed by atoms with Crippen LogP contribution in [0.4, 0.5) is 0 Å². The van der Waals surface area contributed by atoms with Crippen LogP contribution in [-0.2, 0) is 21.4 Å². The van der Waals surface area contributed by atoms with E-state index in [-0.39, 0.29) is 36.4 Å². The minimum Gasteiger partial charge on any atom is -0.497 e. The second-order valence-electron chi connectivity index (χ2n) is 8.43. The van der Waals surface area contributed by atoms with Crippen LogP contribution in [-0.4, -0.2) is 60.9 Å². The Morgan fingerprint density at radius 2 is 1.88 bits per heavy atom. The van der Waals surface area contributed by atoms with Gasteiger partial charge in [-0.1, -0.05) is 28.9 Å². The Morgan fingerprint density at radius 1 is 1.18 bits per heavy atom. The van der Waals surface area contributed by atoms with E-state index < -0.39 is 10.0 Å². The summed E-state index contributed by atoms with van der Waals surface area (Å²) in [6.07, 6.45) is 0.911. The third-order valence-electron chi connectivity index (χ3n) is 5.99. The lowest BCUT2D eigenvalue weighted by Crippen LogP contribution is -2.43. The normalized spacial score (nSPS) is 15.3. The molecule has 0 spiro atoms. The molecule has 1 fully saturated rings. The summed E-state index contributed by atoms with van der Waals surface area (Å²) in [4.78, 5) is 19.2. The van der Waals surface area contributed by atoms with E-state index in [0.717, 1.165) is 11.1 Å². The number of ether oxygens (including phenoxy) is 1. The number of carbonyl (C=O) groups excluding carboxylic acids is 1. The van der Waals surface area contributed by atoms with Gasteiger partial charge < -0.3 is 14.2 Å². The molecule has 3 aromatic rings. The van der Waals surface area contributed by atoms with Crippen molar-refractivity contribution < 1.29 is 22.5 Å². The van der Waals surface area contributed by atoms with Crippen molar-refractivity contribution in [1.29, 1.82) is 0 Å². The zero-order chi connectivity index (χ0) is 24.3. The first kappa shape index (κ1) is 23.9. The number of piperidine rings is 1. The van der Waals surface area contributed by atoms with Gasteiger partial charge in [0.1, 0.15) is 5.75 Å². The maximum atomic E-state index is 13.0. The van der Waals surface area contributed by atoms with E-state index in [2.05, 4.69) is 10.1 Å². The molecule has 1 aliphatic heterocycles. The summed E-state index contributed by atoms with van der Waals surface area (Å²) in [6.45, 7) is 2.76. The molecule has 1 saturated heterocycles. The molecule has 2 aromatic carbocycles. The molecule has 4 rings (SSSR count). The lowest BCUT2D eigenvalue weighted by molar-refractivity contribution is -0.136. The maximum absolute atomic E-state index is 13.0. The number of sulfonamides is 1. The number of aryl methyl sites for hydroxylation is 1. The van der Waals surface area contributed by atoms with Crippen LogP contribution in [0.25, 0.3) is 11.4 Å². The Labute approximate surface area is 199 Å². The zero-order valence-corrected chi connectivity index (χ0v) is 20.3. The van der Waals surface area contributed by atoms with Gasteiger partial charge in [-0.25, -0.2) is 8.42 Å². The van der Waals surface area contributed by atoms with Gasteiger partial charge in [0.25, 0.3) is 0 Å². The summed E-state index contributed by atoms with van der Waals surface area (Å²) in [5, 5.41) is 4.02. The van der Waals surface area contributed by atoms with E-state index in [1.807, 2.05) is 31.2 Å². The zero-order valence-electron chi connectivity index (χ0n) is 19.5. The highest BCUT2D eigenvalue weighted by atomic mass is 32.2. The van der Waals surface area contributed by atoms with Crippen LogP contribution in [0.5, 0.6) is 5.75 Å². The molecule has 1 aliphatic rings. The van der Waals surface area contributed by atoms with Gasteiger partial charge in [-0.15, -0.1) is 0 Å². The second-order valence-corrected chi connectivity index (χ2v) is 10.4. The lowest BCUT2D eigenvalue weighted by atomic mass is 9.97. The predicted octanol–water partition coefficient (Wildman–Crippen LogP) is 3.11. The minimum absolute atomic E-state index is 0.0585. The average Bonchev–Trinajstić information content (AvgIpc) is 3.32. The van der Waals surface area contributed by atoms with Crippen molar-refractivity contribution in [2.75, 3.05) is 27.2 Å². The fourth-order valence-corrected chi connectivity index (χ4v) is 5.52. The number of methoxy groups -OCH3 is 1. The third kappa shape index (κ3) is 5.13. The first-order valence-electron chi connectivity index (χ1n) is 11.1. The third-order valence-corrected chi connectivity index (χ3v) is 7.91. The van der Waals surface area contributed by atoms with Gasteiger partial charge in [-0.05, 0) is 50.1 Å². The van der Waals surface area contributed by atoms with Crippen molar-refractivity contribution >= 4 is 15.9 Å². The number of nitrogens with zero attached hydrogens (tertiary/aromatic N) is 4. The van der Waals surface area contributed by atoms with Crippen LogP contribution in [0.3, 0.4) is 0 Å². The van der Waals surface area contributed by atoms with Crippen molar-refractivity contribution in [3.8, 4) is 17.1 Å². The van der Waals surface area contributed by atoms with E-state index in [1.54, 1.807) is 24.1 Å². The van der Waals surface area contributed by atoms with Gasteiger partial charge in [0.2, 0.25) is 27.6 Å². The Kier molecular flexibility index (Phi) is 6.99. The first-order valence-corrected chi connectivity index (χ1v) is 12.5. The van der Waals surface area contributed by atoms with Gasteiger partial charge in [-0.2, -0.15) is 9.29 Å². The summed E-state index contributed by atoms with van der Waals surface area (Å²) < 4.78 is 37.8. The first-order chi connectivity index (χ1) is 16.3. The molecule has 2 heterocycles. The summed E-state index contributed by atoms with van der Waals surface area (Å²) in [6, 6.07) is 14.1. The molecule has 1 aromatic heterocycles. The van der Waals surface area contributed by atoms with E-state index in [4.69, 9.17) is 9.26 Å². The molecule has 0 atom stereocenters. The van der Waals surface area contributed by atoms with Crippen molar-refractivity contribution in [3.05, 3.63) is 60.0 Å². The fraction of sp³-hybridized carbons (Fsp3) is 0.375. The Morgan fingerprint density at radius 3 is 2.53 bits per heavy atom. The molecule has 10 heteroatoms. The highest BCUT2D eigenvalue weighted by molar-refractivity contribution is 7.89. The fourth-order valence-electron chi connectivity index (χ4n) is 4.05. The summed E-state index contributed by atoms with van der Waals surface area (Å²) in [5.41, 5.74) is 1.95. The minimum atomic E-state index is -3.61. The van der Waals surface area contributed by atoms with E-state index in [0.29, 0.717) is 30.3 Å². The summed E-state index contributed by atoms with van der Waals surface area (Å²) in [5.74, 6) is 1.12. The van der Waals surface area contributed by atoms with Crippen molar-refractivity contribution in [2.24, 2.45) is 5.92 Å². The number of hydrogen-bond acceptors (Lipinski definition) is 7. The molecule has 0 bridgehead atoms. The highest BCUT2D eigenvalue weighted by Crippen LogP contribution is 2.26. The van der Waals surface area contributed by atoms with Gasteiger partial charge >= 0.3 is 0 Å². The van der Waals surface area contributed by atoms with Crippen LogP contribution >= 0.6 is 0 Å². The monoisotopic (exact) mass is 484 g/mol. The number of benzene rings is 2. The highest BCUT2D eigenvalue weighted by Gasteiger charge is 2.33. The van der Waals surface area contributed by atoms with Gasteiger partial charge in [-0.3, -0.25) is 4.79 Å². The van der Waals surface area contributed by atoms with E-state index in [9.17, 15) is 13.2 Å². The van der Waals surface area contributed by atoms with Crippen LogP contribution < -0.4 is 4.74 Å². The molecule has 0 radical (unpaired) electrons. The molecule has 1 amide bonds. The molecular formula is C24H28N4O5S. The number of carbonyl (C=O) groups is 1. The van der Waals surface area contributed by atoms with Crippen molar-refractivity contribution in [3.63, 3.8) is 0 Å². The largest absolute Gasteiger partial charge is 0.497 e. The average molecular weight is 485 g/mol. The van der Waals surface area contributed by atoms with Crippen LogP contribution in [0.2, 0.25) is 0 Å². The number of hydrogen-bond donors (Lipinski definition) is 0. The van der Waals surface area contributed by atoms with E-state index >= 15 is 0 Å². The van der Waals surface area contributed by atoms with Gasteiger partial charge in [0, 0.05) is 31.6 Å². The Hall–Kier alpha value is -3.24. The van der Waals surface area contributed by atoms with Crippen molar-refractivity contribution in [2.45, 2.75) is 31.2 Å². The number of amides is 1. The lowest BCUT2D eigenvalue weighted by Gasteiger charge is -2.32. The second kappa shape index (κ2) is 9.94. The molecule has 34 heavy (non-hydrogen) atoms. The van der Waals surface area contributed by atoms with Crippen LogP contribution in [0.15, 0.2) is 57.9 Å².